The van der Waals surface area contributed by atoms with Gasteiger partial charge >= 0.3 is 0 Å². The van der Waals surface area contributed by atoms with E-state index in [1.54, 1.807) is 49.7 Å². The monoisotopic (exact) mass is 1080 g/mol. The van der Waals surface area contributed by atoms with Gasteiger partial charge in [0.1, 0.15) is 45.6 Å². The highest BCUT2D eigenvalue weighted by atomic mass is 79.9. The largest absolute Gasteiger partial charge is 0.398 e. The normalized spacial score (nSPS) is 10.8. The first-order chi connectivity index (χ1) is 26.2. The van der Waals surface area contributed by atoms with Gasteiger partial charge in [-0.1, -0.05) is 55.6 Å². The van der Waals surface area contributed by atoms with Crippen molar-refractivity contribution in [2.75, 3.05) is 44.3 Å². The van der Waals surface area contributed by atoms with Crippen LogP contribution in [0.3, 0.4) is 0 Å². The third-order valence-corrected chi connectivity index (χ3v) is 14.3. The van der Waals surface area contributed by atoms with E-state index < -0.39 is 14.3 Å². The number of nitrogens with one attached hydrogen (secondary N) is 1. The highest BCUT2D eigenvalue weighted by Gasteiger charge is 2.20. The van der Waals surface area contributed by atoms with Crippen LogP contribution in [0.2, 0.25) is 26.0 Å². The zero-order chi connectivity index (χ0) is 41.8. The van der Waals surface area contributed by atoms with E-state index in [-0.39, 0.29) is 18.0 Å². The first-order valence-corrected chi connectivity index (χ1v) is 26.4. The molecule has 0 saturated carbocycles. The predicted octanol–water partition coefficient (Wildman–Crippen LogP) is 12.9. The number of nitrogens with zero attached hydrogens (tertiary/aromatic N) is 6. The van der Waals surface area contributed by atoms with Gasteiger partial charge in [-0.2, -0.15) is 4.98 Å². The summed E-state index contributed by atoms with van der Waals surface area (Å²) in [6.45, 7) is 9.24. The number of anilines is 3. The number of unbranched alkanes of at least 4 members (excludes halogenated alkanes) is 1. The Labute approximate surface area is 382 Å². The number of nitrogen functional groups attached to an aromatic ring is 1. The van der Waals surface area contributed by atoms with Gasteiger partial charge in [-0.05, 0) is 125 Å². The molecule has 0 radical (unpaired) electrons. The smallest absolute Gasteiger partial charge is 0.224 e. The summed E-state index contributed by atoms with van der Waals surface area (Å²) >= 11 is 37.9. The van der Waals surface area contributed by atoms with Gasteiger partial charge in [-0.25, -0.2) is 24.9 Å². The summed E-state index contributed by atoms with van der Waals surface area (Å²) in [5.41, 5.74) is 8.85. The van der Waals surface area contributed by atoms with Crippen molar-refractivity contribution < 1.29 is 14.2 Å². The molecule has 0 aliphatic rings. The quantitative estimate of drug-likeness (QED) is 0.0574. The van der Waals surface area contributed by atoms with Crippen LogP contribution in [0, 0.1) is 0 Å². The molecule has 0 saturated heterocycles. The maximum absolute atomic E-state index is 12.8. The SMILES string of the molecule is C.CCCCO.CP(C)(=O)c1cc(-c2nc(Cl)cs2)ccc1N.CP(C)(=O)c1cc(-c2nc(Cl)cs2)ccc1Nc1nc(Cl)ncc1Br.Clc1ncc(Br)c(Cl)n1. The minimum absolute atomic E-state index is 0. The fourth-order valence-corrected chi connectivity index (χ4v) is 9.29. The molecule has 0 fully saturated rings. The Morgan fingerprint density at radius 3 is 1.67 bits per heavy atom. The van der Waals surface area contributed by atoms with Crippen molar-refractivity contribution in [3.8, 4) is 21.1 Å². The third-order valence-electron chi connectivity index (χ3n) is 6.79. The summed E-state index contributed by atoms with van der Waals surface area (Å²) in [6.07, 6.45) is 5.09. The molecular formula is C35H39Br2Cl5N8O3P2S2. The number of hydrogen-bond acceptors (Lipinski definition) is 13. The predicted molar refractivity (Wildman–Crippen MR) is 254 cm³/mol. The molecule has 0 unspecified atom stereocenters. The van der Waals surface area contributed by atoms with Crippen molar-refractivity contribution in [3.05, 3.63) is 94.5 Å². The molecule has 4 N–H and O–H groups in total. The standard InChI is InChI=1S/C15H12BrCl2N4OPS.C11H12ClN2OPS.C4HBrCl2N2.C4H10O.CH4/c1-24(2,23)11-5-8(14-21-12(17)7-25-14)3-4-10(11)20-13-9(16)6-19-15(18)22-13;1-16(2,15)9-5-7(3-4-8(9)13)11-14-10(12)6-17-11;5-2-1-8-4(7)9-3(2)6;1-2-3-4-5;/h3-7H,1-2H3,(H,19,20,22);3-6H,13H2,1-2H3;1H;5H,2-4H2,1H3;1H4. The topological polar surface area (TPSA) is 170 Å². The molecule has 0 amide bonds. The Hall–Kier alpha value is -1.71. The molecule has 6 aromatic rings. The van der Waals surface area contributed by atoms with Gasteiger partial charge in [-0.15, -0.1) is 22.7 Å². The van der Waals surface area contributed by atoms with Crippen molar-refractivity contribution >= 4 is 155 Å². The molecule has 4 aromatic heterocycles. The average molecular weight is 1080 g/mol. The van der Waals surface area contributed by atoms with E-state index in [1.165, 1.54) is 28.9 Å². The maximum atomic E-state index is 12.8. The highest BCUT2D eigenvalue weighted by Crippen LogP contribution is 2.41. The molecule has 2 aromatic carbocycles. The molecule has 0 spiro atoms. The van der Waals surface area contributed by atoms with Gasteiger partial charge in [0.25, 0.3) is 0 Å². The molecule has 57 heavy (non-hydrogen) atoms. The molecule has 6 rings (SSSR count). The Morgan fingerprint density at radius 2 is 1.25 bits per heavy atom. The van der Waals surface area contributed by atoms with Crippen LogP contribution in [0.4, 0.5) is 17.2 Å². The van der Waals surface area contributed by atoms with Gasteiger partial charge in [0.05, 0.1) is 14.6 Å². The second kappa shape index (κ2) is 23.9. The molecule has 11 nitrogen and oxygen atoms in total. The number of nitrogens with two attached hydrogens (primary N) is 1. The number of aromatic nitrogens is 6. The summed E-state index contributed by atoms with van der Waals surface area (Å²) in [7, 11) is -4.95. The molecule has 4 heterocycles. The van der Waals surface area contributed by atoms with E-state index >= 15 is 0 Å². The van der Waals surface area contributed by atoms with Crippen molar-refractivity contribution in [3.63, 3.8) is 0 Å². The fraction of sp³-hybridized carbons (Fsp3) is 0.257. The van der Waals surface area contributed by atoms with Crippen molar-refractivity contribution in [2.24, 2.45) is 0 Å². The summed E-state index contributed by atoms with van der Waals surface area (Å²) in [5, 5.41) is 19.3. The lowest BCUT2D eigenvalue weighted by atomic mass is 10.2. The third kappa shape index (κ3) is 16.7. The first kappa shape index (κ1) is 51.4. The Balaban J connectivity index is 0.000000301. The summed E-state index contributed by atoms with van der Waals surface area (Å²) in [4.78, 5) is 23.8. The fourth-order valence-electron chi connectivity index (χ4n) is 4.18. The van der Waals surface area contributed by atoms with Crippen LogP contribution >= 0.6 is 127 Å². The Bertz CT molecular complexity index is 2350. The molecule has 0 aliphatic heterocycles. The molecule has 0 bridgehead atoms. The number of hydrogen-bond donors (Lipinski definition) is 3. The van der Waals surface area contributed by atoms with Crippen LogP contribution in [0.1, 0.15) is 27.2 Å². The second-order valence-electron chi connectivity index (χ2n) is 12.0. The number of aliphatic hydroxyl groups is 1. The van der Waals surface area contributed by atoms with Gasteiger partial charge in [-0.3, -0.25) is 0 Å². The molecule has 0 atom stereocenters. The van der Waals surface area contributed by atoms with E-state index in [0.29, 0.717) is 58.8 Å². The van der Waals surface area contributed by atoms with Crippen molar-refractivity contribution in [1.29, 1.82) is 0 Å². The van der Waals surface area contributed by atoms with Crippen LogP contribution in [0.15, 0.2) is 68.5 Å². The lowest BCUT2D eigenvalue weighted by Gasteiger charge is -2.16. The molecule has 22 heteroatoms. The van der Waals surface area contributed by atoms with Gasteiger partial charge in [0.15, 0.2) is 0 Å². The zero-order valence-electron chi connectivity index (χ0n) is 30.3. The van der Waals surface area contributed by atoms with E-state index in [0.717, 1.165) is 34.0 Å². The van der Waals surface area contributed by atoms with Gasteiger partial charge in [0.2, 0.25) is 10.6 Å². The second-order valence-corrected chi connectivity index (χ2v) is 23.6. The van der Waals surface area contributed by atoms with Crippen LogP contribution in [0.5, 0.6) is 0 Å². The zero-order valence-corrected chi connectivity index (χ0v) is 40.6. The van der Waals surface area contributed by atoms with E-state index in [9.17, 15) is 9.13 Å². The van der Waals surface area contributed by atoms with Crippen molar-refractivity contribution in [1.82, 2.24) is 29.9 Å². The average Bonchev–Trinajstić information content (AvgIpc) is 3.77. The van der Waals surface area contributed by atoms with Crippen molar-refractivity contribution in [2.45, 2.75) is 27.2 Å². The number of benzene rings is 2. The van der Waals surface area contributed by atoms with Crippen LogP contribution in [0.25, 0.3) is 21.1 Å². The van der Waals surface area contributed by atoms with Gasteiger partial charge < -0.3 is 25.3 Å². The number of aliphatic hydroxyl groups excluding tert-OH is 1. The Kier molecular flexibility index (Phi) is 21.6. The first-order valence-electron chi connectivity index (χ1n) is 16.0. The maximum Gasteiger partial charge on any atom is 0.224 e. The van der Waals surface area contributed by atoms with E-state index in [4.69, 9.17) is 68.8 Å². The minimum atomic E-state index is -2.57. The molecule has 308 valence electrons. The summed E-state index contributed by atoms with van der Waals surface area (Å²) in [5.74, 6) is 0.500. The highest BCUT2D eigenvalue weighted by molar-refractivity contribution is 9.11. The van der Waals surface area contributed by atoms with Crippen LogP contribution < -0.4 is 21.7 Å². The minimum Gasteiger partial charge on any atom is -0.398 e. The summed E-state index contributed by atoms with van der Waals surface area (Å²) in [6, 6.07) is 11.1. The van der Waals surface area contributed by atoms with Crippen LogP contribution in [-0.4, -0.2) is 68.3 Å². The van der Waals surface area contributed by atoms with E-state index in [1.807, 2.05) is 30.3 Å². The van der Waals surface area contributed by atoms with Gasteiger partial charge in [0, 0.05) is 57.2 Å². The number of thiazole rings is 2. The van der Waals surface area contributed by atoms with Crippen LogP contribution in [-0.2, 0) is 9.13 Å². The summed E-state index contributed by atoms with van der Waals surface area (Å²) < 4.78 is 26.2. The number of rotatable bonds is 8. The molecular weight excluding hydrogens is 1040 g/mol. The number of halogens is 7. The lowest BCUT2D eigenvalue weighted by molar-refractivity contribution is 0.287. The molecule has 0 aliphatic carbocycles. The lowest BCUT2D eigenvalue weighted by Crippen LogP contribution is -2.11. The Morgan fingerprint density at radius 1 is 0.754 bits per heavy atom. The van der Waals surface area contributed by atoms with E-state index in [2.05, 4.69) is 74.0 Å².